The minimum Gasteiger partial charge on any atom is -0.481 e. The van der Waals surface area contributed by atoms with Gasteiger partial charge in [0.05, 0.1) is 10.3 Å². The molecule has 0 aliphatic heterocycles. The zero-order valence-corrected chi connectivity index (χ0v) is 21.3. The molecule has 3 aromatic heterocycles. The number of hydrogen-bond acceptors (Lipinski definition) is 8. The lowest BCUT2D eigenvalue weighted by atomic mass is 9.96. The Labute approximate surface area is 215 Å². The van der Waals surface area contributed by atoms with Crippen LogP contribution in [0.3, 0.4) is 0 Å². The number of anilines is 1. The number of thiophene rings is 1. The zero-order chi connectivity index (χ0) is 27.3. The van der Waals surface area contributed by atoms with E-state index >= 15 is 0 Å². The topological polar surface area (TPSA) is 191 Å². The van der Waals surface area contributed by atoms with Crippen molar-refractivity contribution in [1.29, 1.82) is 0 Å². The lowest BCUT2D eigenvalue weighted by Gasteiger charge is -2.16. The maximum Gasteiger partial charge on any atom is 0.326 e. The number of nitrogens with one attached hydrogen (secondary N) is 3. The highest BCUT2D eigenvalue weighted by Gasteiger charge is 2.23. The number of pyridine rings is 1. The molecule has 12 nitrogen and oxygen atoms in total. The molecular formula is C24H27N5O7S. The number of H-pyrrole nitrogens is 1. The van der Waals surface area contributed by atoms with Crippen LogP contribution in [0.1, 0.15) is 53.7 Å². The monoisotopic (exact) mass is 529 g/mol. The van der Waals surface area contributed by atoms with Gasteiger partial charge >= 0.3 is 11.9 Å². The number of amides is 2. The second-order valence-electron chi connectivity index (χ2n) is 9.40. The Morgan fingerprint density at radius 1 is 1.14 bits per heavy atom. The summed E-state index contributed by atoms with van der Waals surface area (Å²) < 4.78 is 0. The fraction of sp³-hybridized carbons (Fsp3) is 0.375. The largest absolute Gasteiger partial charge is 0.481 e. The quantitative estimate of drug-likeness (QED) is 0.262. The van der Waals surface area contributed by atoms with Gasteiger partial charge in [-0.2, -0.15) is 4.98 Å². The van der Waals surface area contributed by atoms with Gasteiger partial charge in [0.15, 0.2) is 0 Å². The number of aromatic amines is 1. The minimum absolute atomic E-state index is 0.0233. The van der Waals surface area contributed by atoms with Crippen LogP contribution in [0.15, 0.2) is 29.2 Å². The maximum atomic E-state index is 12.5. The van der Waals surface area contributed by atoms with Crippen LogP contribution in [0.4, 0.5) is 5.95 Å². The number of carboxylic acids is 2. The molecule has 5 N–H and O–H groups in total. The molecule has 0 radical (unpaired) electrons. The number of carboxylic acid groups (broad SMARTS) is 2. The number of hydrogen-bond donors (Lipinski definition) is 5. The van der Waals surface area contributed by atoms with Gasteiger partial charge in [-0.05, 0) is 43.0 Å². The molecular weight excluding hydrogens is 502 g/mol. The second-order valence-corrected chi connectivity index (χ2v) is 10.6. The third-order valence-electron chi connectivity index (χ3n) is 5.33. The van der Waals surface area contributed by atoms with E-state index in [9.17, 15) is 29.1 Å². The van der Waals surface area contributed by atoms with Crippen LogP contribution in [0.5, 0.6) is 0 Å². The Kier molecular flexibility index (Phi) is 8.38. The van der Waals surface area contributed by atoms with Crippen molar-refractivity contribution in [3.05, 3.63) is 50.1 Å². The average Bonchev–Trinajstić information content (AvgIpc) is 3.29. The number of carbonyl (C=O) groups is 4. The first-order valence-corrected chi connectivity index (χ1v) is 12.2. The van der Waals surface area contributed by atoms with Crippen molar-refractivity contribution in [1.82, 2.24) is 20.3 Å². The number of nitrogens with zero attached hydrogens (tertiary/aromatic N) is 2. The molecule has 0 saturated carbocycles. The third kappa shape index (κ3) is 7.43. The Morgan fingerprint density at radius 3 is 2.51 bits per heavy atom. The molecule has 13 heteroatoms. The standard InChI is InChI=1S/C24H27N5O7S/c1-24(2,3)22(36)29-23-27-18-14(19(32)28-23)10-12(11-25-18)4-5-13-6-8-16(37-13)20(33)26-15(21(34)35)7-9-17(30)31/h6,8,10-11,15H,4-5,7,9H2,1-3H3,(H,26,33)(H,30,31)(H,34,35)(H2,25,27,28,29,32,36)/t15-/m0/s1. The van der Waals surface area contributed by atoms with Gasteiger partial charge in [0.25, 0.3) is 11.5 Å². The van der Waals surface area contributed by atoms with Crippen molar-refractivity contribution in [3.8, 4) is 0 Å². The Morgan fingerprint density at radius 2 is 1.86 bits per heavy atom. The average molecular weight is 530 g/mol. The molecule has 37 heavy (non-hydrogen) atoms. The Balaban J connectivity index is 1.65. The van der Waals surface area contributed by atoms with Crippen molar-refractivity contribution < 1.29 is 29.4 Å². The van der Waals surface area contributed by atoms with Crippen LogP contribution in [-0.4, -0.2) is 55.0 Å². The van der Waals surface area contributed by atoms with E-state index in [1.54, 1.807) is 45.2 Å². The molecule has 0 fully saturated rings. The Bertz CT molecular complexity index is 1410. The van der Waals surface area contributed by atoms with Crippen LogP contribution in [0, 0.1) is 5.41 Å². The number of aromatic nitrogens is 3. The molecule has 196 valence electrons. The predicted octanol–water partition coefficient (Wildman–Crippen LogP) is 2.20. The molecule has 0 saturated heterocycles. The van der Waals surface area contributed by atoms with Crippen molar-refractivity contribution in [2.75, 3.05) is 5.32 Å². The fourth-order valence-electron chi connectivity index (χ4n) is 3.22. The van der Waals surface area contributed by atoms with Crippen LogP contribution >= 0.6 is 11.3 Å². The summed E-state index contributed by atoms with van der Waals surface area (Å²) in [6.07, 6.45) is 2.06. The molecule has 3 rings (SSSR count). The smallest absolute Gasteiger partial charge is 0.326 e. The highest BCUT2D eigenvalue weighted by atomic mass is 32.1. The van der Waals surface area contributed by atoms with Crippen LogP contribution in [0.2, 0.25) is 0 Å². The first-order valence-electron chi connectivity index (χ1n) is 11.4. The summed E-state index contributed by atoms with van der Waals surface area (Å²) in [7, 11) is 0. The maximum absolute atomic E-state index is 12.5. The van der Waals surface area contributed by atoms with E-state index in [1.807, 2.05) is 0 Å². The van der Waals surface area contributed by atoms with E-state index in [0.29, 0.717) is 23.4 Å². The first-order chi connectivity index (χ1) is 17.3. The zero-order valence-electron chi connectivity index (χ0n) is 20.5. The number of aryl methyl sites for hydroxylation is 2. The summed E-state index contributed by atoms with van der Waals surface area (Å²) in [5.74, 6) is -3.31. The predicted molar refractivity (Wildman–Crippen MR) is 136 cm³/mol. The van der Waals surface area contributed by atoms with Crippen LogP contribution in [0.25, 0.3) is 11.0 Å². The number of rotatable bonds is 10. The summed E-state index contributed by atoms with van der Waals surface area (Å²) in [6, 6.07) is 3.70. The molecule has 3 aromatic rings. The van der Waals surface area contributed by atoms with Crippen LogP contribution < -0.4 is 16.2 Å². The van der Waals surface area contributed by atoms with Crippen molar-refractivity contribution in [3.63, 3.8) is 0 Å². The highest BCUT2D eigenvalue weighted by molar-refractivity contribution is 7.14. The van der Waals surface area contributed by atoms with E-state index in [2.05, 4.69) is 25.6 Å². The van der Waals surface area contributed by atoms with Gasteiger partial charge in [-0.1, -0.05) is 20.8 Å². The van der Waals surface area contributed by atoms with E-state index in [-0.39, 0.29) is 30.1 Å². The van der Waals surface area contributed by atoms with E-state index in [1.165, 1.54) is 11.3 Å². The van der Waals surface area contributed by atoms with Gasteiger partial charge in [0, 0.05) is 22.9 Å². The van der Waals surface area contributed by atoms with Crippen molar-refractivity contribution >= 4 is 52.1 Å². The molecule has 0 bridgehead atoms. The van der Waals surface area contributed by atoms with E-state index in [0.717, 1.165) is 10.4 Å². The molecule has 0 spiro atoms. The normalized spacial score (nSPS) is 12.2. The number of carbonyl (C=O) groups excluding carboxylic acids is 2. The van der Waals surface area contributed by atoms with E-state index in [4.69, 9.17) is 5.11 Å². The van der Waals surface area contributed by atoms with Crippen LogP contribution in [-0.2, 0) is 27.2 Å². The summed E-state index contributed by atoms with van der Waals surface area (Å²) in [6.45, 7) is 5.22. The van der Waals surface area contributed by atoms with Crippen molar-refractivity contribution in [2.45, 2.75) is 52.5 Å². The lowest BCUT2D eigenvalue weighted by molar-refractivity contribution is -0.140. The van der Waals surface area contributed by atoms with Gasteiger partial charge in [-0.3, -0.25) is 24.5 Å². The van der Waals surface area contributed by atoms with Gasteiger partial charge < -0.3 is 20.5 Å². The lowest BCUT2D eigenvalue weighted by Crippen LogP contribution is -2.40. The molecule has 1 atom stereocenters. The minimum atomic E-state index is -1.30. The third-order valence-corrected chi connectivity index (χ3v) is 6.48. The number of aliphatic carboxylic acids is 2. The molecule has 0 aromatic carbocycles. The summed E-state index contributed by atoms with van der Waals surface area (Å²) in [5.41, 5.74) is -0.131. The molecule has 0 unspecified atom stereocenters. The summed E-state index contributed by atoms with van der Waals surface area (Å²) >= 11 is 1.19. The van der Waals surface area contributed by atoms with Gasteiger partial charge in [-0.25, -0.2) is 9.78 Å². The highest BCUT2D eigenvalue weighted by Crippen LogP contribution is 2.20. The first kappa shape index (κ1) is 27.5. The molecule has 3 heterocycles. The van der Waals surface area contributed by atoms with E-state index < -0.39 is 34.9 Å². The van der Waals surface area contributed by atoms with Crippen molar-refractivity contribution in [2.24, 2.45) is 5.41 Å². The van der Waals surface area contributed by atoms with Gasteiger partial charge in [-0.15, -0.1) is 11.3 Å². The molecule has 2 amide bonds. The second kappa shape index (κ2) is 11.3. The summed E-state index contributed by atoms with van der Waals surface area (Å²) in [4.78, 5) is 71.3. The molecule has 0 aliphatic carbocycles. The Hall–Kier alpha value is -4.13. The van der Waals surface area contributed by atoms with Gasteiger partial charge in [0.2, 0.25) is 11.9 Å². The summed E-state index contributed by atoms with van der Waals surface area (Å²) in [5, 5.41) is 23.2. The molecule has 0 aliphatic rings. The SMILES string of the molecule is CC(C)(C)C(=O)Nc1nc(=O)c2cc(CCc3ccc(C(=O)N[C@@H](CCC(=O)O)C(=O)O)s3)cnc2[nH]1. The van der Waals surface area contributed by atoms with Gasteiger partial charge in [0.1, 0.15) is 11.7 Å². The number of fused-ring (bicyclic) bond motifs is 1. The fourth-order valence-corrected chi connectivity index (χ4v) is 4.13.